The van der Waals surface area contributed by atoms with E-state index in [9.17, 15) is 4.39 Å². The third kappa shape index (κ3) is 3.58. The number of benzene rings is 1. The number of nitrogens with zero attached hydrogens (tertiary/aromatic N) is 2. The zero-order chi connectivity index (χ0) is 19.0. The Labute approximate surface area is 161 Å². The van der Waals surface area contributed by atoms with Crippen LogP contribution in [0.2, 0.25) is 0 Å². The Bertz CT molecular complexity index is 824. The molecule has 1 saturated heterocycles. The summed E-state index contributed by atoms with van der Waals surface area (Å²) >= 11 is 0. The summed E-state index contributed by atoms with van der Waals surface area (Å²) in [5.41, 5.74) is 9.90. The van der Waals surface area contributed by atoms with Crippen molar-refractivity contribution in [1.29, 1.82) is 0 Å². The molecule has 5 nitrogen and oxygen atoms in total. The Morgan fingerprint density at radius 2 is 2.00 bits per heavy atom. The highest BCUT2D eigenvalue weighted by Crippen LogP contribution is 2.42. The molecule has 2 N–H and O–H groups in total. The fraction of sp³-hybridized carbons (Fsp3) is 0.476. The molecule has 3 aliphatic rings. The van der Waals surface area contributed by atoms with Crippen LogP contribution < -0.4 is 20.5 Å². The van der Waals surface area contributed by atoms with Gasteiger partial charge in [0.25, 0.3) is 0 Å². The predicted molar refractivity (Wildman–Crippen MR) is 108 cm³/mol. The first-order valence-corrected chi connectivity index (χ1v) is 9.79. The molecule has 27 heavy (non-hydrogen) atoms. The number of rotatable bonds is 4. The van der Waals surface area contributed by atoms with Gasteiger partial charge in [0, 0.05) is 13.2 Å². The van der Waals surface area contributed by atoms with E-state index in [0.717, 1.165) is 41.2 Å². The van der Waals surface area contributed by atoms with Gasteiger partial charge >= 0.3 is 0 Å². The highest BCUT2D eigenvalue weighted by Gasteiger charge is 2.40. The molecular formula is C21H29FN4O. The van der Waals surface area contributed by atoms with Crippen LogP contribution in [0.5, 0.6) is 5.75 Å². The Morgan fingerprint density at radius 3 is 2.70 bits per heavy atom. The number of alkyl halides is 1. The molecule has 2 fully saturated rings. The van der Waals surface area contributed by atoms with E-state index in [2.05, 4.69) is 34.9 Å². The minimum Gasteiger partial charge on any atom is -0.488 e. The average Bonchev–Trinajstić information content (AvgIpc) is 3.24. The smallest absolute Gasteiger partial charge is 0.135 e. The molecule has 0 bridgehead atoms. The zero-order valence-corrected chi connectivity index (χ0v) is 16.1. The molecule has 1 atom stereocenters. The quantitative estimate of drug-likeness (QED) is 0.830. The normalized spacial score (nSPS) is 22.1. The first-order valence-electron chi connectivity index (χ1n) is 9.79. The van der Waals surface area contributed by atoms with Crippen LogP contribution in [0.3, 0.4) is 0 Å². The summed E-state index contributed by atoms with van der Waals surface area (Å²) in [4.78, 5) is 6.35. The van der Waals surface area contributed by atoms with Crippen molar-refractivity contribution in [2.45, 2.75) is 51.4 Å². The molecular weight excluding hydrogens is 343 g/mol. The monoisotopic (exact) mass is 372 g/mol. The summed E-state index contributed by atoms with van der Waals surface area (Å²) in [6.45, 7) is 7.01. The number of anilines is 2. The molecule has 0 radical (unpaired) electrons. The maximum atomic E-state index is 13.1. The second kappa shape index (κ2) is 7.00. The Morgan fingerprint density at radius 1 is 1.22 bits per heavy atom. The van der Waals surface area contributed by atoms with Gasteiger partial charge in [0.15, 0.2) is 0 Å². The summed E-state index contributed by atoms with van der Waals surface area (Å²) in [6.07, 6.45) is 3.29. The molecule has 1 saturated carbocycles. The van der Waals surface area contributed by atoms with E-state index in [0.29, 0.717) is 13.1 Å². The number of nitrogens with one attached hydrogen (secondary N) is 2. The van der Waals surface area contributed by atoms with Gasteiger partial charge in [-0.05, 0) is 55.7 Å². The highest BCUT2D eigenvalue weighted by molar-refractivity contribution is 5.61. The van der Waals surface area contributed by atoms with Crippen molar-refractivity contribution in [2.24, 2.45) is 0 Å². The molecule has 2 aliphatic heterocycles. The van der Waals surface area contributed by atoms with Gasteiger partial charge in [-0.2, -0.15) is 0 Å². The van der Waals surface area contributed by atoms with Crippen LogP contribution in [0, 0.1) is 0 Å². The van der Waals surface area contributed by atoms with Crippen molar-refractivity contribution in [1.82, 2.24) is 10.4 Å². The van der Waals surface area contributed by atoms with Gasteiger partial charge < -0.3 is 15.1 Å². The van der Waals surface area contributed by atoms with Crippen LogP contribution in [-0.4, -0.2) is 29.8 Å². The lowest BCUT2D eigenvalue weighted by molar-refractivity contribution is 0.200. The number of pyridine rings is 1. The number of hydrazine groups is 1. The van der Waals surface area contributed by atoms with Gasteiger partial charge in [-0.25, -0.2) is 14.8 Å². The molecule has 3 heterocycles. The van der Waals surface area contributed by atoms with E-state index < -0.39 is 6.17 Å². The van der Waals surface area contributed by atoms with Gasteiger partial charge in [0.05, 0.1) is 24.8 Å². The van der Waals surface area contributed by atoms with Gasteiger partial charge in [0.2, 0.25) is 0 Å². The molecule has 146 valence electrons. The van der Waals surface area contributed by atoms with Crippen LogP contribution in [-0.2, 0) is 0 Å². The maximum absolute atomic E-state index is 13.1. The minimum atomic E-state index is -0.735. The van der Waals surface area contributed by atoms with E-state index in [4.69, 9.17) is 4.74 Å². The Hall–Kier alpha value is -2.34. The predicted octanol–water partition coefficient (Wildman–Crippen LogP) is 4.46. The standard InChI is InChI=1S/C19H21FN4O.C2H6.H2/c1-19(5-6-19)25-14-2-3-16-15(9-14)18(23-22-16)12-4-7-21-17(8-12)24-10-13(20)11-24;1-2;/h2-4,7-9,13,18,22-23H,5-6,10-11H2,1H3;1-2H3;1H. The third-order valence-corrected chi connectivity index (χ3v) is 5.27. The molecule has 1 aromatic heterocycles. The number of aromatic nitrogens is 1. The largest absolute Gasteiger partial charge is 0.488 e. The number of ether oxygens (including phenoxy) is 1. The molecule has 0 spiro atoms. The Kier molecular flexibility index (Phi) is 4.68. The first kappa shape index (κ1) is 18.0. The van der Waals surface area contributed by atoms with Crippen LogP contribution in [0.1, 0.15) is 52.2 Å². The molecule has 1 unspecified atom stereocenters. The van der Waals surface area contributed by atoms with Gasteiger partial charge in [-0.1, -0.05) is 13.8 Å². The van der Waals surface area contributed by atoms with Crippen LogP contribution in [0.15, 0.2) is 36.5 Å². The number of fused-ring (bicyclic) bond motifs is 1. The number of halogens is 1. The molecule has 5 rings (SSSR count). The van der Waals surface area contributed by atoms with Crippen molar-refractivity contribution >= 4 is 11.5 Å². The van der Waals surface area contributed by atoms with Crippen LogP contribution in [0.4, 0.5) is 15.9 Å². The van der Waals surface area contributed by atoms with Gasteiger partial charge in [-0.3, -0.25) is 0 Å². The van der Waals surface area contributed by atoms with E-state index in [-0.39, 0.29) is 13.1 Å². The summed E-state index contributed by atoms with van der Waals surface area (Å²) in [5, 5.41) is 0. The third-order valence-electron chi connectivity index (χ3n) is 5.27. The fourth-order valence-electron chi connectivity index (χ4n) is 3.41. The van der Waals surface area contributed by atoms with Crippen molar-refractivity contribution in [3.05, 3.63) is 47.7 Å². The lowest BCUT2D eigenvalue weighted by Crippen LogP contribution is -2.48. The number of hydrogen-bond acceptors (Lipinski definition) is 5. The van der Waals surface area contributed by atoms with Crippen LogP contribution >= 0.6 is 0 Å². The van der Waals surface area contributed by atoms with E-state index >= 15 is 0 Å². The summed E-state index contributed by atoms with van der Waals surface area (Å²) in [5.74, 6) is 1.74. The maximum Gasteiger partial charge on any atom is 0.135 e. The lowest BCUT2D eigenvalue weighted by atomic mass is 9.99. The van der Waals surface area contributed by atoms with Crippen molar-refractivity contribution < 1.29 is 10.6 Å². The van der Waals surface area contributed by atoms with Crippen LogP contribution in [0.25, 0.3) is 0 Å². The van der Waals surface area contributed by atoms with Crippen molar-refractivity contribution in [3.63, 3.8) is 0 Å². The van der Waals surface area contributed by atoms with Gasteiger partial charge in [-0.15, -0.1) is 0 Å². The van der Waals surface area contributed by atoms with E-state index in [1.54, 1.807) is 6.20 Å². The second-order valence-corrected chi connectivity index (χ2v) is 7.45. The molecule has 2 aromatic rings. The fourth-order valence-corrected chi connectivity index (χ4v) is 3.41. The van der Waals surface area contributed by atoms with E-state index in [1.807, 2.05) is 36.9 Å². The topological polar surface area (TPSA) is 49.4 Å². The average molecular weight is 372 g/mol. The first-order chi connectivity index (χ1) is 13.1. The van der Waals surface area contributed by atoms with Crippen molar-refractivity contribution in [2.75, 3.05) is 23.4 Å². The van der Waals surface area contributed by atoms with Crippen molar-refractivity contribution in [3.8, 4) is 5.75 Å². The summed E-state index contributed by atoms with van der Waals surface area (Å²) < 4.78 is 19.2. The Balaban J connectivity index is 0.000000728. The zero-order valence-electron chi connectivity index (χ0n) is 16.1. The molecule has 1 aromatic carbocycles. The highest BCUT2D eigenvalue weighted by atomic mass is 19.1. The summed E-state index contributed by atoms with van der Waals surface area (Å²) in [6, 6.07) is 10.2. The molecule has 0 amide bonds. The SMILES string of the molecule is CC.CC1(Oc2ccc3c(c2)C(c2ccnc(N4CC(F)C4)c2)NN3)CC1.[HH]. The second-order valence-electron chi connectivity index (χ2n) is 7.45. The van der Waals surface area contributed by atoms with Gasteiger partial charge in [0.1, 0.15) is 23.3 Å². The molecule has 1 aliphatic carbocycles. The minimum absolute atomic E-state index is 0. The number of hydrogen-bond donors (Lipinski definition) is 2. The lowest BCUT2D eigenvalue weighted by Gasteiger charge is -2.35. The summed E-state index contributed by atoms with van der Waals surface area (Å²) in [7, 11) is 0. The molecule has 6 heteroatoms. The van der Waals surface area contributed by atoms with E-state index in [1.165, 1.54) is 0 Å².